The van der Waals surface area contributed by atoms with Crippen LogP contribution in [0.2, 0.25) is 0 Å². The molecule has 0 fully saturated rings. The highest BCUT2D eigenvalue weighted by Crippen LogP contribution is 2.36. The molecule has 3 aromatic rings. The molecule has 7 nitrogen and oxygen atoms in total. The van der Waals surface area contributed by atoms with E-state index in [4.69, 9.17) is 9.47 Å². The van der Waals surface area contributed by atoms with E-state index >= 15 is 0 Å². The number of nitriles is 1. The summed E-state index contributed by atoms with van der Waals surface area (Å²) < 4.78 is 10.3. The van der Waals surface area contributed by atoms with Gasteiger partial charge in [-0.25, -0.2) is 4.79 Å². The van der Waals surface area contributed by atoms with Gasteiger partial charge in [-0.1, -0.05) is 30.3 Å². The summed E-state index contributed by atoms with van der Waals surface area (Å²) in [5, 5.41) is 24.2. The number of amides is 1. The van der Waals surface area contributed by atoms with Crippen LogP contribution in [-0.4, -0.2) is 30.7 Å². The van der Waals surface area contributed by atoms with Crippen LogP contribution in [0, 0.1) is 11.3 Å². The topological polar surface area (TPSA) is 109 Å². The largest absolute Gasteiger partial charge is 0.507 e. The van der Waals surface area contributed by atoms with Gasteiger partial charge < -0.3 is 19.9 Å². The van der Waals surface area contributed by atoms with Crippen LogP contribution in [0.4, 0.5) is 5.00 Å². The van der Waals surface area contributed by atoms with E-state index in [0.717, 1.165) is 16.9 Å². The fourth-order valence-corrected chi connectivity index (χ4v) is 3.89. The molecule has 2 N–H and O–H groups in total. The zero-order valence-electron chi connectivity index (χ0n) is 17.4. The van der Waals surface area contributed by atoms with Gasteiger partial charge in [-0.15, -0.1) is 11.3 Å². The molecule has 1 amide bonds. The van der Waals surface area contributed by atoms with Crippen LogP contribution < -0.4 is 10.1 Å². The number of benzene rings is 2. The van der Waals surface area contributed by atoms with Crippen molar-refractivity contribution in [2.24, 2.45) is 0 Å². The monoisotopic (exact) mass is 448 g/mol. The van der Waals surface area contributed by atoms with Crippen molar-refractivity contribution in [3.63, 3.8) is 0 Å². The van der Waals surface area contributed by atoms with Gasteiger partial charge in [-0.2, -0.15) is 5.26 Å². The van der Waals surface area contributed by atoms with E-state index in [-0.39, 0.29) is 34.1 Å². The van der Waals surface area contributed by atoms with Crippen LogP contribution in [0.5, 0.6) is 11.5 Å². The molecule has 0 unspecified atom stereocenters. The molecule has 0 aliphatic rings. The van der Waals surface area contributed by atoms with Gasteiger partial charge in [-0.3, -0.25) is 4.79 Å². The molecular formula is C24H20N2O5S. The Bertz CT molecular complexity index is 1210. The van der Waals surface area contributed by atoms with E-state index in [1.165, 1.54) is 25.3 Å². The van der Waals surface area contributed by atoms with Gasteiger partial charge in [0, 0.05) is 16.5 Å². The average Bonchev–Trinajstić information content (AvgIpc) is 3.22. The number of carbonyl (C=O) groups is 2. The van der Waals surface area contributed by atoms with Crippen molar-refractivity contribution >= 4 is 34.3 Å². The number of carbonyl (C=O) groups excluding carboxylic acids is 2. The zero-order valence-corrected chi connectivity index (χ0v) is 18.2. The summed E-state index contributed by atoms with van der Waals surface area (Å²) in [6.07, 6.45) is 1.25. The van der Waals surface area contributed by atoms with E-state index in [2.05, 4.69) is 5.32 Å². The minimum absolute atomic E-state index is 0.110. The van der Waals surface area contributed by atoms with E-state index in [9.17, 15) is 20.0 Å². The van der Waals surface area contributed by atoms with Crippen molar-refractivity contribution < 1.29 is 24.2 Å². The van der Waals surface area contributed by atoms with Crippen LogP contribution in [0.3, 0.4) is 0 Å². The molecule has 0 saturated heterocycles. The number of nitrogens with one attached hydrogen (secondary N) is 1. The van der Waals surface area contributed by atoms with Gasteiger partial charge in [0.2, 0.25) is 0 Å². The molecule has 32 heavy (non-hydrogen) atoms. The average molecular weight is 449 g/mol. The van der Waals surface area contributed by atoms with E-state index < -0.39 is 11.9 Å². The van der Waals surface area contributed by atoms with Crippen molar-refractivity contribution in [1.82, 2.24) is 0 Å². The third-order valence-corrected chi connectivity index (χ3v) is 5.38. The summed E-state index contributed by atoms with van der Waals surface area (Å²) in [6, 6.07) is 15.5. The number of nitrogens with zero attached hydrogens (tertiary/aromatic N) is 1. The smallest absolute Gasteiger partial charge is 0.341 e. The standard InChI is InChI=1S/C24H20N2O5S/c1-3-31-24(29)21-19(15-7-5-4-6-8-15)14-32-23(21)26-22(28)17(13-25)11-16-12-18(30-2)9-10-20(16)27/h4-12,14,27H,3H2,1-2H3,(H,26,28). The summed E-state index contributed by atoms with van der Waals surface area (Å²) in [5.41, 5.74) is 1.63. The Kier molecular flexibility index (Phi) is 7.26. The lowest BCUT2D eigenvalue weighted by Crippen LogP contribution is -2.16. The molecule has 0 radical (unpaired) electrons. The highest BCUT2D eigenvalue weighted by molar-refractivity contribution is 7.15. The van der Waals surface area contributed by atoms with Crippen molar-refractivity contribution in [3.05, 3.63) is 70.6 Å². The first-order valence-corrected chi connectivity index (χ1v) is 10.5. The SMILES string of the molecule is CCOC(=O)c1c(-c2ccccc2)csc1NC(=O)C(C#N)=Cc1cc(OC)ccc1O. The molecule has 1 aromatic heterocycles. The van der Waals surface area contributed by atoms with Crippen molar-refractivity contribution in [2.75, 3.05) is 19.0 Å². The fourth-order valence-electron chi connectivity index (χ4n) is 2.94. The van der Waals surface area contributed by atoms with Gasteiger partial charge in [0.1, 0.15) is 33.7 Å². The summed E-state index contributed by atoms with van der Waals surface area (Å²) in [4.78, 5) is 25.5. The maximum Gasteiger partial charge on any atom is 0.341 e. The Morgan fingerprint density at radius 1 is 1.22 bits per heavy atom. The lowest BCUT2D eigenvalue weighted by atomic mass is 10.0. The molecule has 2 aromatic carbocycles. The number of thiophene rings is 1. The van der Waals surface area contributed by atoms with Gasteiger partial charge in [-0.05, 0) is 36.8 Å². The number of phenolic OH excluding ortho intramolecular Hbond substituents is 1. The van der Waals surface area contributed by atoms with E-state index in [1.807, 2.05) is 36.4 Å². The molecule has 162 valence electrons. The van der Waals surface area contributed by atoms with Crippen LogP contribution in [-0.2, 0) is 9.53 Å². The third-order valence-electron chi connectivity index (χ3n) is 4.48. The maximum atomic E-state index is 12.8. The van der Waals surface area contributed by atoms with Crippen molar-refractivity contribution in [2.45, 2.75) is 6.92 Å². The number of esters is 1. The summed E-state index contributed by atoms with van der Waals surface area (Å²) in [7, 11) is 1.47. The Hall–Kier alpha value is -4.09. The van der Waals surface area contributed by atoms with Crippen LogP contribution in [0.25, 0.3) is 17.2 Å². The lowest BCUT2D eigenvalue weighted by molar-refractivity contribution is -0.112. The molecule has 8 heteroatoms. The fraction of sp³-hybridized carbons (Fsp3) is 0.125. The number of ether oxygens (including phenoxy) is 2. The number of phenols is 1. The normalized spacial score (nSPS) is 10.8. The highest BCUT2D eigenvalue weighted by Gasteiger charge is 2.23. The number of hydrogen-bond donors (Lipinski definition) is 2. The number of hydrogen-bond acceptors (Lipinski definition) is 7. The van der Waals surface area contributed by atoms with Crippen molar-refractivity contribution in [1.29, 1.82) is 5.26 Å². The second-order valence-electron chi connectivity index (χ2n) is 6.49. The summed E-state index contributed by atoms with van der Waals surface area (Å²) in [6.45, 7) is 1.87. The van der Waals surface area contributed by atoms with Crippen molar-refractivity contribution in [3.8, 4) is 28.7 Å². The molecule has 0 aliphatic heterocycles. The second-order valence-corrected chi connectivity index (χ2v) is 7.37. The van der Waals surface area contributed by atoms with Crippen LogP contribution in [0.1, 0.15) is 22.8 Å². The summed E-state index contributed by atoms with van der Waals surface area (Å²) in [5.74, 6) is -0.944. The second kappa shape index (κ2) is 10.3. The Balaban J connectivity index is 1.97. The number of aromatic hydroxyl groups is 1. The Morgan fingerprint density at radius 3 is 2.62 bits per heavy atom. The quantitative estimate of drug-likeness (QED) is 0.304. The first-order valence-electron chi connectivity index (χ1n) is 9.62. The van der Waals surface area contributed by atoms with E-state index in [1.54, 1.807) is 18.4 Å². The predicted octanol–water partition coefficient (Wildman–Crippen LogP) is 4.85. The Morgan fingerprint density at radius 2 is 1.97 bits per heavy atom. The maximum absolute atomic E-state index is 12.8. The number of rotatable bonds is 7. The first kappa shape index (κ1) is 22.6. The van der Waals surface area contributed by atoms with Gasteiger partial charge in [0.25, 0.3) is 5.91 Å². The number of anilines is 1. The van der Waals surface area contributed by atoms with Crippen LogP contribution in [0.15, 0.2) is 59.5 Å². The molecule has 3 rings (SSSR count). The predicted molar refractivity (Wildman–Crippen MR) is 123 cm³/mol. The van der Waals surface area contributed by atoms with E-state index in [0.29, 0.717) is 11.3 Å². The highest BCUT2D eigenvalue weighted by atomic mass is 32.1. The molecule has 0 aliphatic carbocycles. The minimum atomic E-state index is -0.721. The van der Waals surface area contributed by atoms with Gasteiger partial charge in [0.05, 0.1) is 13.7 Å². The molecule has 1 heterocycles. The molecule has 0 saturated carbocycles. The molecule has 0 spiro atoms. The molecular weight excluding hydrogens is 428 g/mol. The zero-order chi connectivity index (χ0) is 23.1. The minimum Gasteiger partial charge on any atom is -0.507 e. The Labute approximate surface area is 189 Å². The molecule has 0 bridgehead atoms. The summed E-state index contributed by atoms with van der Waals surface area (Å²) >= 11 is 1.16. The van der Waals surface area contributed by atoms with Gasteiger partial charge in [0.15, 0.2) is 0 Å². The molecule has 0 atom stereocenters. The third kappa shape index (κ3) is 4.96. The van der Waals surface area contributed by atoms with Crippen LogP contribution >= 0.6 is 11.3 Å². The lowest BCUT2D eigenvalue weighted by Gasteiger charge is -2.09. The first-order chi connectivity index (χ1) is 15.5. The number of methoxy groups -OCH3 is 1. The van der Waals surface area contributed by atoms with Gasteiger partial charge >= 0.3 is 5.97 Å².